The lowest BCUT2D eigenvalue weighted by Gasteiger charge is -2.37. The fourth-order valence-corrected chi connectivity index (χ4v) is 4.32. The van der Waals surface area contributed by atoms with Gasteiger partial charge in [0.15, 0.2) is 0 Å². The minimum absolute atomic E-state index is 0.000777. The number of morpholine rings is 1. The molecule has 1 amide bonds. The zero-order chi connectivity index (χ0) is 19.4. The molecule has 1 aliphatic carbocycles. The number of pyridine rings is 1. The van der Waals surface area contributed by atoms with E-state index in [4.69, 9.17) is 4.74 Å². The molecule has 150 valence electrons. The zero-order valence-electron chi connectivity index (χ0n) is 15.7. The highest BCUT2D eigenvalue weighted by molar-refractivity contribution is 7.13. The topological polar surface area (TPSA) is 100 Å². The number of aliphatic hydroxyl groups is 1. The largest absolute Gasteiger partial charge is 0.389 e. The highest BCUT2D eigenvalue weighted by Gasteiger charge is 2.35. The predicted molar refractivity (Wildman–Crippen MR) is 105 cm³/mol. The number of carbonyl (C=O) groups is 1. The van der Waals surface area contributed by atoms with Crippen LogP contribution in [0.5, 0.6) is 0 Å². The van der Waals surface area contributed by atoms with Crippen molar-refractivity contribution in [2.75, 3.05) is 25.0 Å². The molecule has 1 aliphatic heterocycles. The molecule has 0 spiro atoms. The van der Waals surface area contributed by atoms with Gasteiger partial charge >= 0.3 is 0 Å². The molecule has 2 aromatic heterocycles. The third kappa shape index (κ3) is 4.65. The van der Waals surface area contributed by atoms with Gasteiger partial charge in [-0.25, -0.2) is 4.98 Å². The summed E-state index contributed by atoms with van der Waals surface area (Å²) in [5.74, 6) is 0.665. The maximum atomic E-state index is 12.8. The van der Waals surface area contributed by atoms with Crippen LogP contribution in [-0.2, 0) is 9.53 Å². The standard InChI is InChI=1S/C19H25N5O3S/c25-17(11-19(26)7-2-1-3-8-19)24-9-10-27-15(12-24)14-5-4-6-16(21-14)22-18-23-20-13-28-18/h4-6,13,15,26H,1-3,7-12H2,(H,21,22,23)/t15-/m1/s1. The summed E-state index contributed by atoms with van der Waals surface area (Å²) in [5.41, 5.74) is 1.58. The number of nitrogens with one attached hydrogen (secondary N) is 1. The number of hydrogen-bond acceptors (Lipinski definition) is 8. The summed E-state index contributed by atoms with van der Waals surface area (Å²) in [4.78, 5) is 19.2. The number of nitrogens with zero attached hydrogens (tertiary/aromatic N) is 4. The van der Waals surface area contributed by atoms with Gasteiger partial charge in [0.2, 0.25) is 11.0 Å². The Hall–Kier alpha value is -2.10. The van der Waals surface area contributed by atoms with Gasteiger partial charge in [0, 0.05) is 6.54 Å². The van der Waals surface area contributed by atoms with E-state index in [0.717, 1.165) is 25.0 Å². The first-order valence-electron chi connectivity index (χ1n) is 9.73. The van der Waals surface area contributed by atoms with E-state index in [0.29, 0.717) is 43.5 Å². The second-order valence-electron chi connectivity index (χ2n) is 7.48. The van der Waals surface area contributed by atoms with E-state index in [9.17, 15) is 9.90 Å². The lowest BCUT2D eigenvalue weighted by atomic mass is 9.82. The van der Waals surface area contributed by atoms with Crippen molar-refractivity contribution >= 4 is 28.2 Å². The molecule has 0 aromatic carbocycles. The second kappa shape index (κ2) is 8.50. The normalized spacial score (nSPS) is 22.0. The molecule has 1 saturated heterocycles. The molecule has 0 radical (unpaired) electrons. The molecule has 2 aliphatic rings. The highest BCUT2D eigenvalue weighted by atomic mass is 32.1. The summed E-state index contributed by atoms with van der Waals surface area (Å²) < 4.78 is 5.88. The van der Waals surface area contributed by atoms with Crippen LogP contribution in [0.3, 0.4) is 0 Å². The van der Waals surface area contributed by atoms with E-state index in [-0.39, 0.29) is 18.4 Å². The van der Waals surface area contributed by atoms with Gasteiger partial charge in [0.05, 0.1) is 30.9 Å². The Kier molecular flexibility index (Phi) is 5.84. The summed E-state index contributed by atoms with van der Waals surface area (Å²) in [6, 6.07) is 5.66. The molecule has 3 heterocycles. The van der Waals surface area contributed by atoms with Gasteiger partial charge in [-0.05, 0) is 25.0 Å². The van der Waals surface area contributed by atoms with Crippen LogP contribution in [0.1, 0.15) is 50.3 Å². The Morgan fingerprint density at radius 1 is 1.36 bits per heavy atom. The van der Waals surface area contributed by atoms with Gasteiger partial charge in [0.1, 0.15) is 17.4 Å². The SMILES string of the molecule is O=C(CC1(O)CCCCC1)N1CCO[C@@H](c2cccc(Nc3nncs3)n2)C1. The van der Waals surface area contributed by atoms with Crippen LogP contribution in [0, 0.1) is 0 Å². The van der Waals surface area contributed by atoms with E-state index in [1.54, 1.807) is 10.4 Å². The van der Waals surface area contributed by atoms with Crippen molar-refractivity contribution in [2.24, 2.45) is 0 Å². The van der Waals surface area contributed by atoms with Gasteiger partial charge in [-0.2, -0.15) is 0 Å². The van der Waals surface area contributed by atoms with Gasteiger partial charge in [-0.1, -0.05) is 36.7 Å². The van der Waals surface area contributed by atoms with E-state index in [2.05, 4.69) is 20.5 Å². The lowest BCUT2D eigenvalue weighted by Crippen LogP contribution is -2.46. The molecule has 8 nitrogen and oxygen atoms in total. The lowest BCUT2D eigenvalue weighted by molar-refractivity contribution is -0.145. The predicted octanol–water partition coefficient (Wildman–Crippen LogP) is 2.66. The van der Waals surface area contributed by atoms with Crippen molar-refractivity contribution in [3.63, 3.8) is 0 Å². The number of carbonyl (C=O) groups excluding carboxylic acids is 1. The molecule has 0 unspecified atom stereocenters. The summed E-state index contributed by atoms with van der Waals surface area (Å²) in [7, 11) is 0. The van der Waals surface area contributed by atoms with Crippen molar-refractivity contribution in [1.29, 1.82) is 0 Å². The number of amides is 1. The maximum Gasteiger partial charge on any atom is 0.225 e. The first-order chi connectivity index (χ1) is 13.6. The van der Waals surface area contributed by atoms with Crippen molar-refractivity contribution in [2.45, 2.75) is 50.2 Å². The molecule has 4 rings (SSSR count). The number of anilines is 2. The van der Waals surface area contributed by atoms with Crippen LogP contribution in [0.4, 0.5) is 10.9 Å². The van der Waals surface area contributed by atoms with Gasteiger partial charge in [-0.3, -0.25) is 4.79 Å². The summed E-state index contributed by atoms with van der Waals surface area (Å²) in [6.45, 7) is 1.46. The number of rotatable bonds is 5. The van der Waals surface area contributed by atoms with Crippen LogP contribution in [0.25, 0.3) is 0 Å². The molecule has 2 fully saturated rings. The van der Waals surface area contributed by atoms with E-state index >= 15 is 0 Å². The van der Waals surface area contributed by atoms with Crippen molar-refractivity contribution in [1.82, 2.24) is 20.1 Å². The molecule has 1 atom stereocenters. The monoisotopic (exact) mass is 403 g/mol. The summed E-state index contributed by atoms with van der Waals surface area (Å²) >= 11 is 1.40. The Labute approximate surface area is 168 Å². The van der Waals surface area contributed by atoms with Gasteiger partial charge in [-0.15, -0.1) is 10.2 Å². The van der Waals surface area contributed by atoms with Gasteiger partial charge < -0.3 is 20.1 Å². The van der Waals surface area contributed by atoms with Crippen LogP contribution in [0.2, 0.25) is 0 Å². The smallest absolute Gasteiger partial charge is 0.225 e. The molecule has 9 heteroatoms. The first kappa shape index (κ1) is 19.2. The zero-order valence-corrected chi connectivity index (χ0v) is 16.5. The van der Waals surface area contributed by atoms with E-state index in [1.807, 2.05) is 18.2 Å². The number of ether oxygens (including phenoxy) is 1. The maximum absolute atomic E-state index is 12.8. The first-order valence-corrected chi connectivity index (χ1v) is 10.6. The van der Waals surface area contributed by atoms with E-state index < -0.39 is 5.60 Å². The minimum Gasteiger partial charge on any atom is -0.389 e. The Bertz CT molecular complexity index is 795. The molecular weight excluding hydrogens is 378 g/mol. The quantitative estimate of drug-likeness (QED) is 0.791. The third-order valence-electron chi connectivity index (χ3n) is 5.38. The second-order valence-corrected chi connectivity index (χ2v) is 8.31. The third-order valence-corrected chi connectivity index (χ3v) is 5.99. The Morgan fingerprint density at radius 3 is 3.00 bits per heavy atom. The number of aromatic nitrogens is 3. The Morgan fingerprint density at radius 2 is 2.21 bits per heavy atom. The molecule has 0 bridgehead atoms. The van der Waals surface area contributed by atoms with Gasteiger partial charge in [0.25, 0.3) is 0 Å². The fourth-order valence-electron chi connectivity index (χ4n) is 3.87. The van der Waals surface area contributed by atoms with Crippen LogP contribution >= 0.6 is 11.3 Å². The fraction of sp³-hybridized carbons (Fsp3) is 0.579. The number of hydrogen-bond donors (Lipinski definition) is 2. The summed E-state index contributed by atoms with van der Waals surface area (Å²) in [5, 5.41) is 22.3. The molecule has 2 N–H and O–H groups in total. The minimum atomic E-state index is -0.840. The van der Waals surface area contributed by atoms with Crippen molar-refractivity contribution in [3.05, 3.63) is 29.4 Å². The van der Waals surface area contributed by atoms with E-state index in [1.165, 1.54) is 11.3 Å². The summed E-state index contributed by atoms with van der Waals surface area (Å²) in [6.07, 6.45) is 4.48. The molecule has 28 heavy (non-hydrogen) atoms. The van der Waals surface area contributed by atoms with Crippen LogP contribution in [0.15, 0.2) is 23.7 Å². The van der Waals surface area contributed by atoms with Crippen LogP contribution < -0.4 is 5.32 Å². The molecular formula is C19H25N5O3S. The average molecular weight is 404 g/mol. The van der Waals surface area contributed by atoms with Crippen molar-refractivity contribution < 1.29 is 14.6 Å². The van der Waals surface area contributed by atoms with Crippen molar-refractivity contribution in [3.8, 4) is 0 Å². The van der Waals surface area contributed by atoms with Crippen LogP contribution in [-0.4, -0.2) is 56.4 Å². The highest BCUT2D eigenvalue weighted by Crippen LogP contribution is 2.32. The molecule has 2 aromatic rings. The Balaban J connectivity index is 1.40. The average Bonchev–Trinajstić information content (AvgIpc) is 3.21. The molecule has 1 saturated carbocycles.